The molecule has 0 bridgehead atoms. The first-order valence-electron chi connectivity index (χ1n) is 9.46. The average Bonchev–Trinajstić information content (AvgIpc) is 3.16. The van der Waals surface area contributed by atoms with Gasteiger partial charge in [0, 0.05) is 17.3 Å². The Morgan fingerprint density at radius 1 is 1.03 bits per heavy atom. The van der Waals surface area contributed by atoms with Crippen molar-refractivity contribution in [2.45, 2.75) is 13.8 Å². The van der Waals surface area contributed by atoms with E-state index in [4.69, 9.17) is 9.72 Å². The van der Waals surface area contributed by atoms with Crippen molar-refractivity contribution in [1.29, 1.82) is 0 Å². The first-order valence-corrected chi connectivity index (χ1v) is 9.46. The van der Waals surface area contributed by atoms with E-state index < -0.39 is 0 Å². The van der Waals surface area contributed by atoms with Gasteiger partial charge in [0.2, 0.25) is 0 Å². The number of carbonyl (C=O) groups is 1. The Morgan fingerprint density at radius 3 is 2.40 bits per heavy atom. The summed E-state index contributed by atoms with van der Waals surface area (Å²) in [6, 6.07) is 19.1. The maximum absolute atomic E-state index is 11.9. The van der Waals surface area contributed by atoms with Crippen LogP contribution in [-0.2, 0) is 0 Å². The van der Waals surface area contributed by atoms with Crippen molar-refractivity contribution in [2.24, 2.45) is 0 Å². The minimum atomic E-state index is -0.0346. The van der Waals surface area contributed by atoms with Crippen LogP contribution in [0.1, 0.15) is 23.0 Å². The highest BCUT2D eigenvalue weighted by Gasteiger charge is 2.15. The lowest BCUT2D eigenvalue weighted by atomic mass is 10.2. The van der Waals surface area contributed by atoms with Crippen LogP contribution in [0.3, 0.4) is 0 Å². The molecule has 2 aromatic heterocycles. The molecule has 4 aromatic rings. The van der Waals surface area contributed by atoms with Crippen molar-refractivity contribution in [3.63, 3.8) is 0 Å². The van der Waals surface area contributed by atoms with Gasteiger partial charge in [0.1, 0.15) is 11.6 Å². The van der Waals surface area contributed by atoms with E-state index in [1.54, 1.807) is 24.1 Å². The summed E-state index contributed by atoms with van der Waals surface area (Å²) in [6.45, 7) is 3.38. The Bertz CT molecular complexity index is 1180. The summed E-state index contributed by atoms with van der Waals surface area (Å²) < 4.78 is 6.87. The number of nitrogens with one attached hydrogen (secondary N) is 1. The lowest BCUT2D eigenvalue weighted by Crippen LogP contribution is -2.07. The highest BCUT2D eigenvalue weighted by molar-refractivity contribution is 5.95. The molecule has 0 amide bonds. The number of nitrogens with zero attached hydrogens (tertiary/aromatic N) is 4. The summed E-state index contributed by atoms with van der Waals surface area (Å²) >= 11 is 0. The minimum absolute atomic E-state index is 0.0346. The normalized spacial score (nSPS) is 10.6. The summed E-state index contributed by atoms with van der Waals surface area (Å²) in [5, 5.41) is 7.68. The highest BCUT2D eigenvalue weighted by Crippen LogP contribution is 2.24. The Hall–Kier alpha value is -4.00. The summed E-state index contributed by atoms with van der Waals surface area (Å²) in [5.41, 5.74) is 3.05. The molecule has 0 unspecified atom stereocenters. The SMILES string of the molecule is COc1ccc(Nc2cc(-n3ncc(C(C)=O)c3C)nc(-c3ccccc3)n2)cc1. The molecule has 1 N–H and O–H groups in total. The quantitative estimate of drug-likeness (QED) is 0.478. The van der Waals surface area contributed by atoms with E-state index in [9.17, 15) is 4.79 Å². The number of rotatable bonds is 6. The van der Waals surface area contributed by atoms with Crippen LogP contribution in [0.25, 0.3) is 17.2 Å². The fourth-order valence-electron chi connectivity index (χ4n) is 3.13. The molecule has 7 nitrogen and oxygen atoms in total. The molecule has 0 radical (unpaired) electrons. The Kier molecular flexibility index (Phi) is 5.26. The number of aromatic nitrogens is 4. The minimum Gasteiger partial charge on any atom is -0.497 e. The topological polar surface area (TPSA) is 81.9 Å². The molecule has 0 saturated carbocycles. The number of Topliss-reactive ketones (excluding diaryl/α,β-unsaturated/α-hetero) is 1. The Morgan fingerprint density at radius 2 is 1.77 bits per heavy atom. The van der Waals surface area contributed by atoms with Crippen molar-refractivity contribution in [3.8, 4) is 23.0 Å². The van der Waals surface area contributed by atoms with Crippen LogP contribution < -0.4 is 10.1 Å². The highest BCUT2D eigenvalue weighted by atomic mass is 16.5. The molecule has 150 valence electrons. The molecule has 2 heterocycles. The second-order valence-electron chi connectivity index (χ2n) is 6.77. The first kappa shape index (κ1) is 19.3. The van der Waals surface area contributed by atoms with Gasteiger partial charge in [0.25, 0.3) is 0 Å². The van der Waals surface area contributed by atoms with Gasteiger partial charge in [-0.25, -0.2) is 14.6 Å². The molecule has 0 aliphatic rings. The average molecular weight is 399 g/mol. The fourth-order valence-corrected chi connectivity index (χ4v) is 3.13. The summed E-state index contributed by atoms with van der Waals surface area (Å²) in [7, 11) is 1.63. The molecule has 0 atom stereocenters. The van der Waals surface area contributed by atoms with Gasteiger partial charge in [-0.1, -0.05) is 30.3 Å². The van der Waals surface area contributed by atoms with Crippen molar-refractivity contribution >= 4 is 17.3 Å². The lowest BCUT2D eigenvalue weighted by molar-refractivity contribution is 0.101. The van der Waals surface area contributed by atoms with Gasteiger partial charge in [-0.3, -0.25) is 4.79 Å². The number of carbonyl (C=O) groups excluding carboxylic acids is 1. The largest absolute Gasteiger partial charge is 0.497 e. The van der Waals surface area contributed by atoms with Crippen LogP contribution in [0.4, 0.5) is 11.5 Å². The van der Waals surface area contributed by atoms with Crippen LogP contribution in [0.2, 0.25) is 0 Å². The Balaban J connectivity index is 1.79. The lowest BCUT2D eigenvalue weighted by Gasteiger charge is -2.12. The molecule has 2 aromatic carbocycles. The molecule has 0 fully saturated rings. The third-order valence-electron chi connectivity index (χ3n) is 4.71. The predicted octanol–water partition coefficient (Wildman–Crippen LogP) is 4.59. The van der Waals surface area contributed by atoms with E-state index >= 15 is 0 Å². The monoisotopic (exact) mass is 399 g/mol. The maximum atomic E-state index is 11.9. The van der Waals surface area contributed by atoms with Crippen molar-refractivity contribution in [1.82, 2.24) is 19.7 Å². The van der Waals surface area contributed by atoms with Gasteiger partial charge in [0.05, 0.1) is 24.6 Å². The maximum Gasteiger partial charge on any atom is 0.163 e. The van der Waals surface area contributed by atoms with Crippen LogP contribution >= 0.6 is 0 Å². The number of hydrogen-bond acceptors (Lipinski definition) is 6. The smallest absolute Gasteiger partial charge is 0.163 e. The van der Waals surface area contributed by atoms with E-state index in [0.29, 0.717) is 23.0 Å². The number of methoxy groups -OCH3 is 1. The van der Waals surface area contributed by atoms with Crippen LogP contribution in [0, 0.1) is 6.92 Å². The predicted molar refractivity (Wildman–Crippen MR) is 116 cm³/mol. The molecule has 4 rings (SSSR count). The van der Waals surface area contributed by atoms with Crippen LogP contribution in [-0.4, -0.2) is 32.6 Å². The number of ketones is 1. The standard InChI is InChI=1S/C23H21N5O2/c1-15-20(16(2)29)14-24-28(15)22-13-21(25-18-9-11-19(30-3)12-10-18)26-23(27-22)17-7-5-4-6-8-17/h4-14H,1-3H3,(H,25,26,27). The summed E-state index contributed by atoms with van der Waals surface area (Å²) in [6.07, 6.45) is 1.57. The van der Waals surface area contributed by atoms with Gasteiger partial charge in [-0.2, -0.15) is 5.10 Å². The molecule has 0 aliphatic carbocycles. The van der Waals surface area contributed by atoms with Crippen LogP contribution in [0.5, 0.6) is 5.75 Å². The molecule has 30 heavy (non-hydrogen) atoms. The molecule has 0 saturated heterocycles. The zero-order valence-corrected chi connectivity index (χ0v) is 17.0. The third-order valence-corrected chi connectivity index (χ3v) is 4.71. The number of benzene rings is 2. The zero-order valence-electron chi connectivity index (χ0n) is 17.0. The van der Waals surface area contributed by atoms with E-state index in [-0.39, 0.29) is 5.78 Å². The third kappa shape index (κ3) is 3.91. The van der Waals surface area contributed by atoms with E-state index in [1.807, 2.05) is 61.5 Å². The number of ether oxygens (including phenoxy) is 1. The summed E-state index contributed by atoms with van der Waals surface area (Å²) in [4.78, 5) is 21.2. The van der Waals surface area contributed by atoms with E-state index in [2.05, 4.69) is 15.4 Å². The van der Waals surface area contributed by atoms with Gasteiger partial charge in [0.15, 0.2) is 17.4 Å². The molecule has 0 aliphatic heterocycles. The van der Waals surface area contributed by atoms with Crippen LogP contribution in [0.15, 0.2) is 66.9 Å². The fraction of sp³-hybridized carbons (Fsp3) is 0.130. The number of hydrogen-bond donors (Lipinski definition) is 1. The zero-order chi connectivity index (χ0) is 21.1. The summed E-state index contributed by atoms with van der Waals surface area (Å²) in [5.74, 6) is 2.49. The van der Waals surface area contributed by atoms with Gasteiger partial charge >= 0.3 is 0 Å². The second kappa shape index (κ2) is 8.16. The first-order chi connectivity index (χ1) is 14.5. The molecule has 0 spiro atoms. The number of anilines is 2. The van der Waals surface area contributed by atoms with Gasteiger partial charge < -0.3 is 10.1 Å². The van der Waals surface area contributed by atoms with E-state index in [1.165, 1.54) is 6.92 Å². The molecular weight excluding hydrogens is 378 g/mol. The van der Waals surface area contributed by atoms with E-state index in [0.717, 1.165) is 22.7 Å². The molecule has 7 heteroatoms. The van der Waals surface area contributed by atoms with Crippen molar-refractivity contribution in [2.75, 3.05) is 12.4 Å². The van der Waals surface area contributed by atoms with Crippen molar-refractivity contribution < 1.29 is 9.53 Å². The molecular formula is C23H21N5O2. The van der Waals surface area contributed by atoms with Gasteiger partial charge in [-0.05, 0) is 38.1 Å². The second-order valence-corrected chi connectivity index (χ2v) is 6.77. The van der Waals surface area contributed by atoms with Crippen molar-refractivity contribution in [3.05, 3.63) is 78.1 Å². The van der Waals surface area contributed by atoms with Gasteiger partial charge in [-0.15, -0.1) is 0 Å². The Labute approximate surface area is 174 Å².